The van der Waals surface area contributed by atoms with Gasteiger partial charge in [-0.15, -0.1) is 0 Å². The van der Waals surface area contributed by atoms with E-state index in [1.807, 2.05) is 72.8 Å². The molecule has 0 radical (unpaired) electrons. The molecule has 0 spiro atoms. The Balaban J connectivity index is 1.84. The summed E-state index contributed by atoms with van der Waals surface area (Å²) in [6.45, 7) is 4.12. The Labute approximate surface area is 217 Å². The van der Waals surface area contributed by atoms with E-state index in [9.17, 15) is 5.11 Å². The Morgan fingerprint density at radius 2 is 1.00 bits per heavy atom. The van der Waals surface area contributed by atoms with Crippen LogP contribution in [0.25, 0.3) is 32.7 Å². The average Bonchev–Trinajstić information content (AvgIpc) is 2.93. The van der Waals surface area contributed by atoms with Crippen molar-refractivity contribution in [2.75, 3.05) is 0 Å². The average molecular weight is 499 g/mol. The molecule has 0 heterocycles. The van der Waals surface area contributed by atoms with E-state index < -0.39 is 7.14 Å². The highest BCUT2D eigenvalue weighted by Crippen LogP contribution is 2.49. The van der Waals surface area contributed by atoms with E-state index in [4.69, 9.17) is 0 Å². The molecular formula is C34H27O2P. The van der Waals surface area contributed by atoms with Crippen LogP contribution in [0.3, 0.4) is 0 Å². The van der Waals surface area contributed by atoms with Gasteiger partial charge < -0.3 is 9.67 Å². The minimum absolute atomic E-state index is 0.182. The van der Waals surface area contributed by atoms with E-state index in [1.54, 1.807) is 6.07 Å². The minimum Gasteiger partial charge on any atom is -0.507 e. The Morgan fingerprint density at radius 1 is 0.541 bits per heavy atom. The number of aryl methyl sites for hydroxylation is 2. The molecule has 0 amide bonds. The fourth-order valence-electron chi connectivity index (χ4n) is 5.33. The molecule has 0 aromatic heterocycles. The van der Waals surface area contributed by atoms with E-state index in [0.29, 0.717) is 0 Å². The maximum atomic E-state index is 15.6. The zero-order chi connectivity index (χ0) is 25.6. The van der Waals surface area contributed by atoms with Gasteiger partial charge in [-0.25, -0.2) is 0 Å². The largest absolute Gasteiger partial charge is 0.507 e. The normalized spacial score (nSPS) is 11.7. The van der Waals surface area contributed by atoms with Crippen molar-refractivity contribution in [3.8, 4) is 16.9 Å². The van der Waals surface area contributed by atoms with Crippen molar-refractivity contribution >= 4 is 44.6 Å². The Morgan fingerprint density at radius 3 is 1.54 bits per heavy atom. The third kappa shape index (κ3) is 3.86. The van der Waals surface area contributed by atoms with Crippen LogP contribution in [-0.2, 0) is 4.57 Å². The fourth-order valence-corrected chi connectivity index (χ4v) is 8.21. The van der Waals surface area contributed by atoms with Crippen molar-refractivity contribution in [1.82, 2.24) is 0 Å². The van der Waals surface area contributed by atoms with Gasteiger partial charge in [0.05, 0.1) is 0 Å². The molecule has 6 aromatic rings. The van der Waals surface area contributed by atoms with Crippen molar-refractivity contribution in [2.45, 2.75) is 13.8 Å². The highest BCUT2D eigenvalue weighted by atomic mass is 31.2. The van der Waals surface area contributed by atoms with E-state index in [-0.39, 0.29) is 5.75 Å². The predicted molar refractivity (Wildman–Crippen MR) is 157 cm³/mol. The number of hydrogen-bond acceptors (Lipinski definition) is 2. The molecule has 0 unspecified atom stereocenters. The monoisotopic (exact) mass is 498 g/mol. The molecule has 6 aromatic carbocycles. The first-order valence-corrected chi connectivity index (χ1v) is 14.2. The maximum absolute atomic E-state index is 15.6. The topological polar surface area (TPSA) is 37.3 Å². The number of phenols is 1. The number of aromatic hydroxyl groups is 1. The summed E-state index contributed by atoms with van der Waals surface area (Å²) >= 11 is 0. The van der Waals surface area contributed by atoms with Crippen LogP contribution < -0.4 is 15.9 Å². The molecular weight excluding hydrogens is 471 g/mol. The van der Waals surface area contributed by atoms with E-state index in [0.717, 1.165) is 59.7 Å². The van der Waals surface area contributed by atoms with Crippen molar-refractivity contribution in [1.29, 1.82) is 0 Å². The molecule has 6 rings (SSSR count). The van der Waals surface area contributed by atoms with E-state index in [1.165, 1.54) is 0 Å². The fraction of sp³-hybridized carbons (Fsp3) is 0.0588. The van der Waals surface area contributed by atoms with Gasteiger partial charge in [0.25, 0.3) is 0 Å². The predicted octanol–water partition coefficient (Wildman–Crippen LogP) is 7.62. The van der Waals surface area contributed by atoms with Crippen LogP contribution in [0.4, 0.5) is 0 Å². The number of phenolic OH excluding ortho intramolecular Hbond substituents is 1. The van der Waals surface area contributed by atoms with Gasteiger partial charge in [-0.05, 0) is 47.5 Å². The Bertz CT molecular complexity index is 1770. The maximum Gasteiger partial charge on any atom is 0.171 e. The van der Waals surface area contributed by atoms with E-state index >= 15 is 4.57 Å². The molecule has 0 aliphatic heterocycles. The summed E-state index contributed by atoms with van der Waals surface area (Å²) in [6.07, 6.45) is 0. The standard InChI is InChI=1S/C34H27O2P/c1-23-13-15-25-17-19-31(35)33(29(25)21-23)34-30-22-24(2)14-16-26(30)18-20-32(34)37(36,27-9-5-3-6-10-27)28-11-7-4-8-12-28/h3-22,35H,1-2H3. The summed E-state index contributed by atoms with van der Waals surface area (Å²) in [4.78, 5) is 0. The summed E-state index contributed by atoms with van der Waals surface area (Å²) in [7, 11) is -3.32. The number of benzene rings is 6. The Hall–Kier alpha value is -4.13. The van der Waals surface area contributed by atoms with Gasteiger partial charge >= 0.3 is 0 Å². The van der Waals surface area contributed by atoms with Crippen LogP contribution >= 0.6 is 7.14 Å². The van der Waals surface area contributed by atoms with Gasteiger partial charge in [0, 0.05) is 27.0 Å². The van der Waals surface area contributed by atoms with Crippen LogP contribution in [0.15, 0.2) is 121 Å². The molecule has 37 heavy (non-hydrogen) atoms. The van der Waals surface area contributed by atoms with Gasteiger partial charge in [-0.3, -0.25) is 0 Å². The van der Waals surface area contributed by atoms with Crippen LogP contribution in [0.1, 0.15) is 11.1 Å². The molecule has 1 N–H and O–H groups in total. The second-order valence-corrected chi connectivity index (χ2v) is 12.4. The zero-order valence-electron chi connectivity index (χ0n) is 20.8. The van der Waals surface area contributed by atoms with Gasteiger partial charge in [0.1, 0.15) is 5.75 Å². The molecule has 0 atom stereocenters. The van der Waals surface area contributed by atoms with Crippen molar-refractivity contribution in [3.63, 3.8) is 0 Å². The highest BCUT2D eigenvalue weighted by Gasteiger charge is 2.34. The lowest BCUT2D eigenvalue weighted by molar-refractivity contribution is 0.478. The lowest BCUT2D eigenvalue weighted by Gasteiger charge is -2.25. The Kier molecular flexibility index (Phi) is 5.71. The number of hydrogen-bond donors (Lipinski definition) is 1. The van der Waals surface area contributed by atoms with Crippen LogP contribution in [-0.4, -0.2) is 5.11 Å². The smallest absolute Gasteiger partial charge is 0.171 e. The molecule has 0 fully saturated rings. The molecule has 180 valence electrons. The molecule has 0 saturated carbocycles. The lowest BCUT2D eigenvalue weighted by atomic mass is 9.91. The van der Waals surface area contributed by atoms with Gasteiger partial charge in [0.15, 0.2) is 7.14 Å². The van der Waals surface area contributed by atoms with Crippen molar-refractivity contribution in [2.24, 2.45) is 0 Å². The molecule has 2 nitrogen and oxygen atoms in total. The van der Waals surface area contributed by atoms with Crippen LogP contribution in [0.5, 0.6) is 5.75 Å². The van der Waals surface area contributed by atoms with Crippen LogP contribution in [0.2, 0.25) is 0 Å². The number of rotatable bonds is 4. The van der Waals surface area contributed by atoms with Gasteiger partial charge in [-0.2, -0.15) is 0 Å². The summed E-state index contributed by atoms with van der Waals surface area (Å²) < 4.78 is 15.6. The second kappa shape index (κ2) is 9.07. The van der Waals surface area contributed by atoms with Crippen molar-refractivity contribution in [3.05, 3.63) is 132 Å². The molecule has 0 saturated heterocycles. The summed E-state index contributed by atoms with van der Waals surface area (Å²) in [5.74, 6) is 0.182. The zero-order valence-corrected chi connectivity index (χ0v) is 21.7. The molecule has 3 heteroatoms. The van der Waals surface area contributed by atoms with Crippen molar-refractivity contribution < 1.29 is 9.67 Å². The summed E-state index contributed by atoms with van der Waals surface area (Å²) in [6, 6.07) is 39.8. The first-order valence-electron chi connectivity index (χ1n) is 12.4. The molecule has 0 aliphatic carbocycles. The third-order valence-corrected chi connectivity index (χ3v) is 10.2. The lowest BCUT2D eigenvalue weighted by Crippen LogP contribution is -2.26. The highest BCUT2D eigenvalue weighted by molar-refractivity contribution is 7.85. The summed E-state index contributed by atoms with van der Waals surface area (Å²) in [5, 5.41) is 17.7. The molecule has 0 aliphatic rings. The third-order valence-electron chi connectivity index (χ3n) is 7.14. The van der Waals surface area contributed by atoms with Crippen LogP contribution in [0, 0.1) is 13.8 Å². The quantitative estimate of drug-likeness (QED) is 0.254. The first-order chi connectivity index (χ1) is 18.0. The molecule has 0 bridgehead atoms. The van der Waals surface area contributed by atoms with E-state index in [2.05, 4.69) is 56.3 Å². The first kappa shape index (κ1) is 23.3. The SMILES string of the molecule is Cc1ccc2ccc(O)c(-c3c(P(=O)(c4ccccc4)c4ccccc4)ccc4ccc(C)cc34)c2c1. The minimum atomic E-state index is -3.32. The van der Waals surface area contributed by atoms with Gasteiger partial charge in [-0.1, -0.05) is 120 Å². The second-order valence-electron chi connectivity index (χ2n) is 9.65. The summed E-state index contributed by atoms with van der Waals surface area (Å²) in [5.41, 5.74) is 3.76. The number of fused-ring (bicyclic) bond motifs is 2. The van der Waals surface area contributed by atoms with Gasteiger partial charge in [0.2, 0.25) is 0 Å².